The summed E-state index contributed by atoms with van der Waals surface area (Å²) in [5, 5.41) is 10.6. The summed E-state index contributed by atoms with van der Waals surface area (Å²) >= 11 is 0. The molecule has 1 saturated heterocycles. The van der Waals surface area contributed by atoms with Gasteiger partial charge in [0.1, 0.15) is 11.3 Å². The highest BCUT2D eigenvalue weighted by molar-refractivity contribution is 6.09. The van der Waals surface area contributed by atoms with Gasteiger partial charge in [0, 0.05) is 19.0 Å². The maximum absolute atomic E-state index is 13.3. The molecule has 2 amide bonds. The third kappa shape index (κ3) is 4.97. The smallest absolute Gasteiger partial charge is 0.418 e. The lowest BCUT2D eigenvalue weighted by Gasteiger charge is -2.37. The largest absolute Gasteiger partial charge is 0.497 e. The summed E-state index contributed by atoms with van der Waals surface area (Å²) in [5.41, 5.74) is 2.43. The molecule has 5 rings (SSSR count). The number of methoxy groups -OCH3 is 1. The highest BCUT2D eigenvalue weighted by atomic mass is 16.5. The minimum Gasteiger partial charge on any atom is -0.497 e. The van der Waals surface area contributed by atoms with E-state index >= 15 is 0 Å². The number of aliphatic imine (C=N–C) groups is 1. The average molecular weight is 532 g/mol. The van der Waals surface area contributed by atoms with Crippen LogP contribution in [-0.2, 0) is 12.0 Å². The van der Waals surface area contributed by atoms with E-state index in [0.29, 0.717) is 23.4 Å². The van der Waals surface area contributed by atoms with Crippen LogP contribution in [0.5, 0.6) is 5.75 Å². The molecule has 1 aliphatic heterocycles. The number of ether oxygens (including phenoxy) is 1. The molecule has 0 radical (unpaired) electrons. The predicted molar refractivity (Wildman–Crippen MR) is 155 cm³/mol. The van der Waals surface area contributed by atoms with E-state index in [-0.39, 0.29) is 5.96 Å². The summed E-state index contributed by atoms with van der Waals surface area (Å²) in [6.45, 7) is 0. The summed E-state index contributed by atoms with van der Waals surface area (Å²) in [7, 11) is 3.38. The molecule has 1 unspecified atom stereocenters. The van der Waals surface area contributed by atoms with Crippen LogP contribution in [0.3, 0.4) is 0 Å². The summed E-state index contributed by atoms with van der Waals surface area (Å²) in [5.74, 6) is 0.171. The van der Waals surface area contributed by atoms with Gasteiger partial charge in [0.05, 0.1) is 12.8 Å². The van der Waals surface area contributed by atoms with Crippen molar-refractivity contribution in [3.05, 3.63) is 143 Å². The van der Waals surface area contributed by atoms with Gasteiger partial charge in [-0.15, -0.1) is 0 Å². The molecule has 1 atom stereocenters. The molecule has 0 aliphatic carbocycles. The van der Waals surface area contributed by atoms with Gasteiger partial charge in [0.2, 0.25) is 5.96 Å². The summed E-state index contributed by atoms with van der Waals surface area (Å²) < 4.78 is 5.41. The minimum absolute atomic E-state index is 0.0234. The number of guanidine groups is 1. The van der Waals surface area contributed by atoms with Crippen molar-refractivity contribution < 1.29 is 19.4 Å². The van der Waals surface area contributed by atoms with Crippen LogP contribution >= 0.6 is 0 Å². The fraction of sp³-hybridized carbons (Fsp3) is 0.121. The predicted octanol–water partition coefficient (Wildman–Crippen LogP) is 6.30. The van der Waals surface area contributed by atoms with E-state index in [1.54, 1.807) is 43.3 Å². The highest BCUT2D eigenvalue weighted by Gasteiger charge is 2.54. The van der Waals surface area contributed by atoms with Gasteiger partial charge >= 0.3 is 6.09 Å². The van der Waals surface area contributed by atoms with Crippen LogP contribution in [0.4, 0.5) is 4.79 Å². The SMILES string of the molecule is COc1ccc(C2(Cc3ccccc3)C(=Cc3ccccc3)N(C(=O)O)C(=NC(=O)c3ccccc3)N2C)cc1. The lowest BCUT2D eigenvalue weighted by Crippen LogP contribution is -2.43. The third-order valence-corrected chi connectivity index (χ3v) is 7.12. The van der Waals surface area contributed by atoms with Crippen LogP contribution in [0.1, 0.15) is 27.0 Å². The van der Waals surface area contributed by atoms with Crippen LogP contribution in [0.2, 0.25) is 0 Å². The van der Waals surface area contributed by atoms with Gasteiger partial charge in [-0.25, -0.2) is 9.69 Å². The number of nitrogens with zero attached hydrogens (tertiary/aromatic N) is 3. The molecule has 200 valence electrons. The first-order valence-electron chi connectivity index (χ1n) is 12.8. The Morgan fingerprint density at radius 3 is 2.00 bits per heavy atom. The maximum Gasteiger partial charge on any atom is 0.418 e. The van der Waals surface area contributed by atoms with E-state index in [4.69, 9.17) is 4.74 Å². The van der Waals surface area contributed by atoms with E-state index in [0.717, 1.165) is 21.6 Å². The number of carbonyl (C=O) groups excluding carboxylic acids is 1. The molecule has 1 N–H and O–H groups in total. The van der Waals surface area contributed by atoms with E-state index in [2.05, 4.69) is 4.99 Å². The Labute approximate surface area is 233 Å². The van der Waals surface area contributed by atoms with Crippen molar-refractivity contribution in [3.63, 3.8) is 0 Å². The Hall–Kier alpha value is -5.17. The number of benzene rings is 4. The van der Waals surface area contributed by atoms with E-state index < -0.39 is 17.5 Å². The molecule has 4 aromatic rings. The molecule has 0 saturated carbocycles. The van der Waals surface area contributed by atoms with Crippen molar-refractivity contribution in [1.82, 2.24) is 9.80 Å². The normalized spacial score (nSPS) is 18.8. The Kier molecular flexibility index (Phi) is 7.46. The second kappa shape index (κ2) is 11.3. The Balaban J connectivity index is 1.80. The number of hydrogen-bond acceptors (Lipinski definition) is 3. The van der Waals surface area contributed by atoms with Gasteiger partial charge < -0.3 is 14.7 Å². The maximum atomic E-state index is 13.3. The fourth-order valence-corrected chi connectivity index (χ4v) is 5.14. The van der Waals surface area contributed by atoms with Crippen LogP contribution in [-0.4, -0.2) is 47.0 Å². The van der Waals surface area contributed by atoms with Crippen molar-refractivity contribution in [2.45, 2.75) is 12.0 Å². The molecular weight excluding hydrogens is 502 g/mol. The highest BCUT2D eigenvalue weighted by Crippen LogP contribution is 2.47. The number of carboxylic acid groups (broad SMARTS) is 1. The van der Waals surface area contributed by atoms with Crippen LogP contribution < -0.4 is 4.74 Å². The Bertz CT molecular complexity index is 1550. The van der Waals surface area contributed by atoms with Gasteiger partial charge in [-0.2, -0.15) is 4.99 Å². The number of carbonyl (C=O) groups is 2. The zero-order chi connectivity index (χ0) is 28.1. The average Bonchev–Trinajstić information content (AvgIpc) is 3.21. The molecule has 0 spiro atoms. The van der Waals surface area contributed by atoms with Gasteiger partial charge in [0.15, 0.2) is 0 Å². The van der Waals surface area contributed by atoms with Gasteiger partial charge in [-0.05, 0) is 47.0 Å². The van der Waals surface area contributed by atoms with Crippen molar-refractivity contribution >= 4 is 24.0 Å². The molecule has 4 aromatic carbocycles. The van der Waals surface area contributed by atoms with Crippen LogP contribution in [0, 0.1) is 0 Å². The van der Waals surface area contributed by atoms with Crippen LogP contribution in [0.25, 0.3) is 6.08 Å². The van der Waals surface area contributed by atoms with Gasteiger partial charge in [0.25, 0.3) is 5.91 Å². The lowest BCUT2D eigenvalue weighted by atomic mass is 9.80. The van der Waals surface area contributed by atoms with Crippen molar-refractivity contribution in [1.29, 1.82) is 0 Å². The number of rotatable bonds is 6. The first kappa shape index (κ1) is 26.4. The van der Waals surface area contributed by atoms with Crippen molar-refractivity contribution in [2.75, 3.05) is 14.2 Å². The molecule has 7 nitrogen and oxygen atoms in total. The molecule has 1 aliphatic rings. The molecule has 7 heteroatoms. The second-order valence-corrected chi connectivity index (χ2v) is 9.45. The Morgan fingerprint density at radius 2 is 1.43 bits per heavy atom. The monoisotopic (exact) mass is 531 g/mol. The first-order valence-corrected chi connectivity index (χ1v) is 12.8. The quantitative estimate of drug-likeness (QED) is 0.316. The third-order valence-electron chi connectivity index (χ3n) is 7.12. The molecular formula is C33H29N3O4. The van der Waals surface area contributed by atoms with Crippen molar-refractivity contribution in [3.8, 4) is 5.75 Å². The molecule has 40 heavy (non-hydrogen) atoms. The molecule has 0 bridgehead atoms. The first-order chi connectivity index (χ1) is 19.4. The van der Waals surface area contributed by atoms with E-state index in [1.807, 2.05) is 97.1 Å². The Morgan fingerprint density at radius 1 is 0.850 bits per heavy atom. The summed E-state index contributed by atoms with van der Waals surface area (Å²) in [6.07, 6.45) is 1.03. The van der Waals surface area contributed by atoms with E-state index in [9.17, 15) is 14.7 Å². The minimum atomic E-state index is -1.24. The zero-order valence-electron chi connectivity index (χ0n) is 22.3. The molecule has 1 heterocycles. The van der Waals surface area contributed by atoms with Gasteiger partial charge in [-0.1, -0.05) is 91.0 Å². The lowest BCUT2D eigenvalue weighted by molar-refractivity contribution is 0.1000. The number of hydrogen-bond donors (Lipinski definition) is 1. The fourth-order valence-electron chi connectivity index (χ4n) is 5.14. The zero-order valence-corrected chi connectivity index (χ0v) is 22.3. The second-order valence-electron chi connectivity index (χ2n) is 9.45. The summed E-state index contributed by atoms with van der Waals surface area (Å²) in [6, 6.07) is 35.6. The standard InChI is InChI=1S/C33H29N3O4/c1-35-31(34-30(37)26-16-10-5-11-17-26)36(32(38)39)29(22-24-12-6-3-7-13-24)33(35,23-25-14-8-4-9-15-25)27-18-20-28(40-2)21-19-27/h3-22H,23H2,1-2H3,(H,38,39). The van der Waals surface area contributed by atoms with Gasteiger partial charge in [-0.3, -0.25) is 4.79 Å². The molecule has 0 aromatic heterocycles. The van der Waals surface area contributed by atoms with Crippen molar-refractivity contribution in [2.24, 2.45) is 4.99 Å². The van der Waals surface area contributed by atoms with E-state index in [1.165, 1.54) is 0 Å². The topological polar surface area (TPSA) is 82.4 Å². The van der Waals surface area contributed by atoms with Crippen LogP contribution in [0.15, 0.2) is 126 Å². The number of amides is 2. The molecule has 1 fully saturated rings. The number of likely N-dealkylation sites (N-methyl/N-ethyl adjacent to an activating group) is 1. The summed E-state index contributed by atoms with van der Waals surface area (Å²) in [4.78, 5) is 33.6.